The third-order valence-electron chi connectivity index (χ3n) is 5.24. The molecule has 3 aromatic rings. The number of carbonyl (C=O) groups excluding carboxylic acids is 2. The van der Waals surface area contributed by atoms with Crippen molar-refractivity contribution in [3.63, 3.8) is 0 Å². The van der Waals surface area contributed by atoms with Gasteiger partial charge in [-0.25, -0.2) is 0 Å². The van der Waals surface area contributed by atoms with Crippen molar-refractivity contribution in [2.75, 3.05) is 39.6 Å². The second-order valence-electron chi connectivity index (χ2n) is 8.43. The lowest BCUT2D eigenvalue weighted by atomic mass is 9.98. The minimum Gasteiger partial charge on any atom is -0.352 e. The zero-order valence-corrected chi connectivity index (χ0v) is 21.9. The van der Waals surface area contributed by atoms with Gasteiger partial charge < -0.3 is 29.5 Å². The van der Waals surface area contributed by atoms with Crippen LogP contribution in [-0.4, -0.2) is 61.2 Å². The van der Waals surface area contributed by atoms with Crippen molar-refractivity contribution in [1.29, 1.82) is 0 Å². The fraction of sp³-hybridized carbons (Fsp3) is 0.333. The van der Waals surface area contributed by atoms with Crippen LogP contribution >= 0.6 is 15.2 Å². The lowest BCUT2D eigenvalue weighted by Crippen LogP contribution is -2.25. The molecule has 0 aliphatic heterocycles. The maximum absolute atomic E-state index is 12.6. The van der Waals surface area contributed by atoms with E-state index in [1.54, 1.807) is 24.3 Å². The molecular formula is C24H30N2O8P2. The van der Waals surface area contributed by atoms with Crippen molar-refractivity contribution in [2.45, 2.75) is 12.8 Å². The average molecular weight is 536 g/mol. The summed E-state index contributed by atoms with van der Waals surface area (Å²) < 4.78 is 31.9. The van der Waals surface area contributed by atoms with E-state index >= 15 is 0 Å². The smallest absolute Gasteiger partial charge is 0.325 e. The molecule has 0 aromatic heterocycles. The number of benzene rings is 3. The summed E-state index contributed by atoms with van der Waals surface area (Å²) in [6, 6.07) is 14.5. The Labute approximate surface area is 209 Å². The molecule has 3 aromatic carbocycles. The second-order valence-corrected chi connectivity index (χ2v) is 12.2. The molecule has 0 aliphatic rings. The summed E-state index contributed by atoms with van der Waals surface area (Å²) in [4.78, 5) is 43.5. The molecule has 2 atom stereocenters. The standard InChI is InChI=1S/C24H30N2O8P2/c1-35(29,30)33-13-3-11-25-23(27)19-9-7-17-5-6-18-8-10-20(16-22(18)21(17)15-19)24(28)26-12-4-14-34-36(2,31)32/h5-10,15-16H,3-4,11-14H2,1-2H3,(H,25,27)(H,26,28)(H,29,30)(H,31,32). The monoisotopic (exact) mass is 536 g/mol. The zero-order valence-electron chi connectivity index (χ0n) is 20.1. The SMILES string of the molecule is CP(=O)(O)OCCCNC(=O)c1ccc2ccc3ccc(C(=O)NCCCOP(C)(=O)O)cc3c2c1. The predicted molar refractivity (Wildman–Crippen MR) is 139 cm³/mol. The molecule has 0 bridgehead atoms. The Bertz CT molecular complexity index is 1250. The fourth-order valence-electron chi connectivity index (χ4n) is 3.55. The molecule has 3 rings (SSSR count). The van der Waals surface area contributed by atoms with Crippen LogP contribution in [0.1, 0.15) is 33.6 Å². The van der Waals surface area contributed by atoms with Gasteiger partial charge in [-0.2, -0.15) is 0 Å². The van der Waals surface area contributed by atoms with Crippen molar-refractivity contribution < 1.29 is 37.6 Å². The quantitative estimate of drug-likeness (QED) is 0.155. The average Bonchev–Trinajstić information content (AvgIpc) is 2.81. The maximum Gasteiger partial charge on any atom is 0.325 e. The Hall–Kier alpha value is -2.58. The summed E-state index contributed by atoms with van der Waals surface area (Å²) in [6.45, 7) is 2.92. The molecular weight excluding hydrogens is 506 g/mol. The Morgan fingerprint density at radius 3 is 1.44 bits per heavy atom. The maximum atomic E-state index is 12.6. The fourth-order valence-corrected chi connectivity index (χ4v) is 4.49. The van der Waals surface area contributed by atoms with Gasteiger partial charge >= 0.3 is 15.2 Å². The first-order valence-electron chi connectivity index (χ1n) is 11.4. The number of hydrogen-bond acceptors (Lipinski definition) is 6. The van der Waals surface area contributed by atoms with Crippen molar-refractivity contribution in [1.82, 2.24) is 10.6 Å². The van der Waals surface area contributed by atoms with Gasteiger partial charge in [-0.1, -0.05) is 24.3 Å². The first-order chi connectivity index (χ1) is 16.9. The van der Waals surface area contributed by atoms with E-state index in [4.69, 9.17) is 18.8 Å². The predicted octanol–water partition coefficient (Wildman–Crippen LogP) is 3.90. The molecule has 2 unspecified atom stereocenters. The molecule has 0 fully saturated rings. The summed E-state index contributed by atoms with van der Waals surface area (Å²) in [5.74, 6) is -0.568. The van der Waals surface area contributed by atoms with E-state index in [0.29, 0.717) is 24.0 Å². The Kier molecular flexibility index (Phi) is 9.41. The van der Waals surface area contributed by atoms with Gasteiger partial charge in [0.25, 0.3) is 11.8 Å². The largest absolute Gasteiger partial charge is 0.352 e. The van der Waals surface area contributed by atoms with Crippen LogP contribution in [0, 0.1) is 0 Å². The van der Waals surface area contributed by atoms with E-state index in [0.717, 1.165) is 34.9 Å². The van der Waals surface area contributed by atoms with Crippen LogP contribution in [0.5, 0.6) is 0 Å². The van der Waals surface area contributed by atoms with Crippen molar-refractivity contribution in [3.8, 4) is 0 Å². The van der Waals surface area contributed by atoms with Gasteiger partial charge in [0.2, 0.25) is 0 Å². The number of rotatable bonds is 12. The van der Waals surface area contributed by atoms with E-state index in [1.165, 1.54) is 0 Å². The normalized spacial score (nSPS) is 14.8. The molecule has 0 saturated heterocycles. The highest BCUT2D eigenvalue weighted by atomic mass is 31.2. The zero-order chi connectivity index (χ0) is 26.3. The van der Waals surface area contributed by atoms with Crippen LogP contribution in [-0.2, 0) is 18.2 Å². The van der Waals surface area contributed by atoms with Crippen LogP contribution < -0.4 is 10.6 Å². The highest BCUT2D eigenvalue weighted by molar-refractivity contribution is 7.52. The van der Waals surface area contributed by atoms with Gasteiger partial charge in [0.15, 0.2) is 0 Å². The van der Waals surface area contributed by atoms with E-state index in [9.17, 15) is 18.7 Å². The van der Waals surface area contributed by atoms with Crippen LogP contribution in [0.3, 0.4) is 0 Å². The van der Waals surface area contributed by atoms with E-state index in [1.807, 2.05) is 24.3 Å². The van der Waals surface area contributed by atoms with E-state index in [-0.39, 0.29) is 38.1 Å². The molecule has 10 nitrogen and oxygen atoms in total. The summed E-state index contributed by atoms with van der Waals surface area (Å²) in [6.07, 6.45) is 0.784. The number of carbonyl (C=O) groups is 2. The van der Waals surface area contributed by atoms with Gasteiger partial charge in [-0.15, -0.1) is 0 Å². The molecule has 0 aliphatic carbocycles. The van der Waals surface area contributed by atoms with Gasteiger partial charge in [-0.05, 0) is 58.7 Å². The molecule has 4 N–H and O–H groups in total. The molecule has 0 saturated carbocycles. The lowest BCUT2D eigenvalue weighted by Gasteiger charge is -2.11. The van der Waals surface area contributed by atoms with Gasteiger partial charge in [-0.3, -0.25) is 18.7 Å². The third-order valence-corrected chi connectivity index (χ3v) is 6.56. The first-order valence-corrected chi connectivity index (χ1v) is 15.4. The highest BCUT2D eigenvalue weighted by Gasteiger charge is 2.13. The van der Waals surface area contributed by atoms with Crippen LogP contribution in [0.2, 0.25) is 0 Å². The van der Waals surface area contributed by atoms with Crippen LogP contribution in [0.4, 0.5) is 0 Å². The first kappa shape index (κ1) is 28.0. The molecule has 194 valence electrons. The summed E-state index contributed by atoms with van der Waals surface area (Å²) in [7, 11) is -7.06. The molecule has 0 heterocycles. The number of hydrogen-bond donors (Lipinski definition) is 4. The van der Waals surface area contributed by atoms with Crippen molar-refractivity contribution in [2.24, 2.45) is 0 Å². The minimum absolute atomic E-state index is 0.0611. The molecule has 12 heteroatoms. The lowest BCUT2D eigenvalue weighted by molar-refractivity contribution is 0.0943. The highest BCUT2D eigenvalue weighted by Crippen LogP contribution is 2.36. The number of nitrogens with one attached hydrogen (secondary N) is 2. The Morgan fingerprint density at radius 1 is 0.722 bits per heavy atom. The molecule has 0 spiro atoms. The summed E-state index contributed by atoms with van der Waals surface area (Å²) in [5, 5.41) is 9.01. The van der Waals surface area contributed by atoms with Crippen molar-refractivity contribution in [3.05, 3.63) is 59.7 Å². The Balaban J connectivity index is 1.70. The third kappa shape index (κ3) is 8.52. The van der Waals surface area contributed by atoms with E-state index < -0.39 is 15.2 Å². The number of fused-ring (bicyclic) bond motifs is 3. The second kappa shape index (κ2) is 12.1. The van der Waals surface area contributed by atoms with Crippen LogP contribution in [0.15, 0.2) is 48.5 Å². The molecule has 2 amide bonds. The summed E-state index contributed by atoms with van der Waals surface area (Å²) in [5.41, 5.74) is 0.900. The Morgan fingerprint density at radius 2 is 1.08 bits per heavy atom. The number of amides is 2. The van der Waals surface area contributed by atoms with Gasteiger partial charge in [0, 0.05) is 37.5 Å². The van der Waals surface area contributed by atoms with Crippen molar-refractivity contribution >= 4 is 48.6 Å². The van der Waals surface area contributed by atoms with Gasteiger partial charge in [0.1, 0.15) is 0 Å². The molecule has 36 heavy (non-hydrogen) atoms. The summed E-state index contributed by atoms with van der Waals surface area (Å²) >= 11 is 0. The van der Waals surface area contributed by atoms with Gasteiger partial charge in [0.05, 0.1) is 13.2 Å². The van der Waals surface area contributed by atoms with Crippen LogP contribution in [0.25, 0.3) is 21.5 Å². The van der Waals surface area contributed by atoms with E-state index in [2.05, 4.69) is 10.6 Å². The molecule has 0 radical (unpaired) electrons. The topological polar surface area (TPSA) is 151 Å². The minimum atomic E-state index is -3.53.